The molecule has 6 heteroatoms. The molecule has 2 N–H and O–H groups in total. The van der Waals surface area contributed by atoms with Crippen LogP contribution in [-0.2, 0) is 0 Å². The molecule has 2 atom stereocenters. The molecule has 0 aliphatic carbocycles. The maximum absolute atomic E-state index is 6.25. The molecule has 0 radical (unpaired) electrons. The number of thioether (sulfide) groups is 1. The van der Waals surface area contributed by atoms with E-state index in [1.807, 2.05) is 25.1 Å². The second-order valence-electron chi connectivity index (χ2n) is 4.25. The van der Waals surface area contributed by atoms with E-state index < -0.39 is 0 Å². The van der Waals surface area contributed by atoms with Gasteiger partial charge in [0.25, 0.3) is 0 Å². The summed E-state index contributed by atoms with van der Waals surface area (Å²) in [6, 6.07) is 7.93. The van der Waals surface area contributed by atoms with Crippen LogP contribution in [0.5, 0.6) is 0 Å². The highest BCUT2D eigenvalue weighted by Crippen LogP contribution is 2.39. The third-order valence-corrected chi connectivity index (χ3v) is 5.34. The maximum Gasteiger partial charge on any atom is 0.174 e. The molecule has 0 saturated heterocycles. The van der Waals surface area contributed by atoms with E-state index in [9.17, 15) is 0 Å². The van der Waals surface area contributed by atoms with Gasteiger partial charge in [0.2, 0.25) is 0 Å². The van der Waals surface area contributed by atoms with E-state index in [0.29, 0.717) is 0 Å². The molecule has 2 aromatic rings. The third kappa shape index (κ3) is 3.92. The number of aryl methyl sites for hydroxylation is 1. The average molecular weight is 314 g/mol. The van der Waals surface area contributed by atoms with Gasteiger partial charge in [-0.05, 0) is 31.0 Å². The van der Waals surface area contributed by atoms with Crippen LogP contribution in [0.4, 0.5) is 0 Å². The Bertz CT molecular complexity index is 544. The minimum Gasteiger partial charge on any atom is -0.326 e. The molecule has 102 valence electrons. The summed E-state index contributed by atoms with van der Waals surface area (Å²) in [6.45, 7) is 4.05. The fourth-order valence-corrected chi connectivity index (χ4v) is 4.17. The fraction of sp³-hybridized carbons (Fsp3) is 0.385. The topological polar surface area (TPSA) is 51.8 Å². The summed E-state index contributed by atoms with van der Waals surface area (Å²) < 4.78 is 0.950. The van der Waals surface area contributed by atoms with E-state index in [0.717, 1.165) is 26.4 Å². The second-order valence-corrected chi connectivity index (χ2v) is 7.26. The van der Waals surface area contributed by atoms with Crippen molar-refractivity contribution in [3.8, 4) is 0 Å². The first-order valence-corrected chi connectivity index (χ1v) is 8.15. The monoisotopic (exact) mass is 313 g/mol. The lowest BCUT2D eigenvalue weighted by Crippen LogP contribution is -2.25. The molecule has 0 aliphatic heterocycles. The standard InChI is InChI=1S/C13H16ClN3S2/c1-3-11(15)12(9-5-4-6-10(14)7-9)19-13-17-16-8(2)18-13/h4-7,11-12H,3,15H2,1-2H3. The van der Waals surface area contributed by atoms with Crippen molar-refractivity contribution in [2.24, 2.45) is 5.73 Å². The maximum atomic E-state index is 6.25. The quantitative estimate of drug-likeness (QED) is 0.845. The van der Waals surface area contributed by atoms with E-state index >= 15 is 0 Å². The lowest BCUT2D eigenvalue weighted by Gasteiger charge is -2.21. The van der Waals surface area contributed by atoms with Crippen LogP contribution in [0.2, 0.25) is 5.02 Å². The van der Waals surface area contributed by atoms with Gasteiger partial charge in [0, 0.05) is 11.1 Å². The van der Waals surface area contributed by atoms with Crippen molar-refractivity contribution in [1.29, 1.82) is 0 Å². The zero-order valence-electron chi connectivity index (χ0n) is 10.8. The van der Waals surface area contributed by atoms with Crippen LogP contribution in [0.1, 0.15) is 29.2 Å². The number of aromatic nitrogens is 2. The molecule has 0 spiro atoms. The van der Waals surface area contributed by atoms with Crippen molar-refractivity contribution in [1.82, 2.24) is 10.2 Å². The van der Waals surface area contributed by atoms with Gasteiger partial charge >= 0.3 is 0 Å². The van der Waals surface area contributed by atoms with Gasteiger partial charge in [-0.25, -0.2) is 0 Å². The Hall–Kier alpha value is -0.620. The molecule has 19 heavy (non-hydrogen) atoms. The Balaban J connectivity index is 2.25. The van der Waals surface area contributed by atoms with Crippen LogP contribution in [0, 0.1) is 6.92 Å². The molecule has 0 aliphatic rings. The van der Waals surface area contributed by atoms with E-state index in [2.05, 4.69) is 23.2 Å². The minimum absolute atomic E-state index is 0.0627. The van der Waals surface area contributed by atoms with Gasteiger partial charge in [0.05, 0.1) is 5.25 Å². The Morgan fingerprint density at radius 2 is 2.21 bits per heavy atom. The Morgan fingerprint density at radius 3 is 2.79 bits per heavy atom. The highest BCUT2D eigenvalue weighted by molar-refractivity contribution is 8.01. The summed E-state index contributed by atoms with van der Waals surface area (Å²) in [5.74, 6) is 0. The molecule has 1 aromatic heterocycles. The van der Waals surface area contributed by atoms with Crippen LogP contribution < -0.4 is 5.73 Å². The van der Waals surface area contributed by atoms with E-state index in [4.69, 9.17) is 17.3 Å². The molecule has 2 rings (SSSR count). The van der Waals surface area contributed by atoms with Crippen LogP contribution in [0.15, 0.2) is 28.6 Å². The van der Waals surface area contributed by atoms with E-state index in [1.165, 1.54) is 0 Å². The van der Waals surface area contributed by atoms with Crippen LogP contribution >= 0.6 is 34.7 Å². The lowest BCUT2D eigenvalue weighted by molar-refractivity contribution is 0.634. The number of hydrogen-bond acceptors (Lipinski definition) is 5. The second kappa shape index (κ2) is 6.70. The van der Waals surface area contributed by atoms with Gasteiger partial charge in [-0.2, -0.15) is 0 Å². The van der Waals surface area contributed by atoms with Crippen molar-refractivity contribution < 1.29 is 0 Å². The normalized spacial score (nSPS) is 14.3. The molecule has 0 saturated carbocycles. The summed E-state index contributed by atoms with van der Waals surface area (Å²) in [5.41, 5.74) is 7.39. The number of benzene rings is 1. The third-order valence-electron chi connectivity index (χ3n) is 2.77. The van der Waals surface area contributed by atoms with Crippen molar-refractivity contribution in [2.45, 2.75) is 35.9 Å². The number of nitrogens with two attached hydrogens (primary N) is 1. The molecule has 2 unspecified atom stereocenters. The first-order valence-electron chi connectivity index (χ1n) is 6.08. The summed E-state index contributed by atoms with van der Waals surface area (Å²) in [7, 11) is 0. The predicted octanol–water partition coefficient (Wildman–Crippen LogP) is 4.07. The first-order chi connectivity index (χ1) is 9.10. The van der Waals surface area contributed by atoms with E-state index in [1.54, 1.807) is 23.1 Å². The molecule has 0 bridgehead atoms. The molecular formula is C13H16ClN3S2. The summed E-state index contributed by atoms with van der Waals surface area (Å²) in [6.07, 6.45) is 0.905. The SMILES string of the molecule is CCC(N)C(Sc1nnc(C)s1)c1cccc(Cl)c1. The molecule has 1 aromatic carbocycles. The highest BCUT2D eigenvalue weighted by Gasteiger charge is 2.22. The van der Waals surface area contributed by atoms with Gasteiger partial charge in [0.1, 0.15) is 5.01 Å². The molecule has 0 fully saturated rings. The largest absolute Gasteiger partial charge is 0.326 e. The number of rotatable bonds is 5. The van der Waals surface area contributed by atoms with Crippen LogP contribution in [0.25, 0.3) is 0 Å². The van der Waals surface area contributed by atoms with Crippen LogP contribution in [0.3, 0.4) is 0 Å². The molecule has 3 nitrogen and oxygen atoms in total. The average Bonchev–Trinajstić information content (AvgIpc) is 2.80. The highest BCUT2D eigenvalue weighted by atomic mass is 35.5. The molecule has 0 amide bonds. The Morgan fingerprint density at radius 1 is 1.42 bits per heavy atom. The zero-order chi connectivity index (χ0) is 13.8. The number of nitrogens with zero attached hydrogens (tertiary/aromatic N) is 2. The number of halogens is 1. The minimum atomic E-state index is 0.0627. The van der Waals surface area contributed by atoms with Gasteiger partial charge in [0.15, 0.2) is 4.34 Å². The molecule has 1 heterocycles. The smallest absolute Gasteiger partial charge is 0.174 e. The van der Waals surface area contributed by atoms with Gasteiger partial charge in [-0.1, -0.05) is 53.8 Å². The fourth-order valence-electron chi connectivity index (χ4n) is 1.73. The van der Waals surface area contributed by atoms with E-state index in [-0.39, 0.29) is 11.3 Å². The van der Waals surface area contributed by atoms with Crippen molar-refractivity contribution in [2.75, 3.05) is 0 Å². The molecular weight excluding hydrogens is 298 g/mol. The van der Waals surface area contributed by atoms with Gasteiger partial charge < -0.3 is 5.73 Å². The Kier molecular flexibility index (Phi) is 5.21. The van der Waals surface area contributed by atoms with Crippen molar-refractivity contribution >= 4 is 34.7 Å². The summed E-state index contributed by atoms with van der Waals surface area (Å²) in [4.78, 5) is 0. The number of hydrogen-bond donors (Lipinski definition) is 1. The zero-order valence-corrected chi connectivity index (χ0v) is 13.2. The predicted molar refractivity (Wildman–Crippen MR) is 83.0 cm³/mol. The van der Waals surface area contributed by atoms with Gasteiger partial charge in [-0.15, -0.1) is 10.2 Å². The van der Waals surface area contributed by atoms with Gasteiger partial charge in [-0.3, -0.25) is 0 Å². The summed E-state index contributed by atoms with van der Waals surface area (Å²) in [5, 5.41) is 10.1. The first kappa shape index (κ1) is 14.8. The van der Waals surface area contributed by atoms with Crippen molar-refractivity contribution in [3.63, 3.8) is 0 Å². The van der Waals surface area contributed by atoms with Crippen molar-refractivity contribution in [3.05, 3.63) is 39.9 Å². The summed E-state index contributed by atoms with van der Waals surface area (Å²) >= 11 is 9.33. The lowest BCUT2D eigenvalue weighted by atomic mass is 10.0. The Labute approximate surface area is 126 Å². The van der Waals surface area contributed by atoms with Crippen LogP contribution in [-0.4, -0.2) is 16.2 Å².